The Morgan fingerprint density at radius 3 is 1.30 bits per heavy atom. The van der Waals surface area contributed by atoms with Crippen LogP contribution in [0, 0.1) is 0 Å². The van der Waals surface area contributed by atoms with Crippen LogP contribution in [-0.4, -0.2) is 11.6 Å². The highest BCUT2D eigenvalue weighted by Gasteiger charge is 1.97. The number of hydrogen-bond donors (Lipinski definition) is 0. The number of halogens is 2. The van der Waals surface area contributed by atoms with Gasteiger partial charge in [0.15, 0.2) is 11.6 Å². The highest BCUT2D eigenvalue weighted by molar-refractivity contribution is 6.31. The molecule has 0 spiro atoms. The molecule has 0 atom stereocenters. The minimum Gasteiger partial charge on any atom is -0.295 e. The Hall–Kier alpha value is -1.64. The Bertz CT molecular complexity index is 566. The molecule has 0 saturated heterocycles. The minimum absolute atomic E-state index is 0.0440. The fraction of sp³-hybridized carbons (Fsp3) is 0.125. The van der Waals surface area contributed by atoms with E-state index in [4.69, 9.17) is 23.2 Å². The summed E-state index contributed by atoms with van der Waals surface area (Å²) in [7, 11) is 0. The molecule has 2 aromatic rings. The molecular formula is C16H14Cl2O2. The number of hydrogen-bond acceptors (Lipinski definition) is 2. The second-order valence-corrected chi connectivity index (χ2v) is 5.01. The van der Waals surface area contributed by atoms with E-state index in [1.165, 1.54) is 13.8 Å². The Labute approximate surface area is 128 Å². The van der Waals surface area contributed by atoms with Crippen LogP contribution in [0.2, 0.25) is 10.0 Å². The van der Waals surface area contributed by atoms with Crippen molar-refractivity contribution in [2.75, 3.05) is 0 Å². The SMILES string of the molecule is CC(=O)c1cccc(Cl)c1.CC(=O)c1cccc(Cl)c1. The number of rotatable bonds is 2. The van der Waals surface area contributed by atoms with Gasteiger partial charge in [0.25, 0.3) is 0 Å². The van der Waals surface area contributed by atoms with E-state index in [9.17, 15) is 9.59 Å². The van der Waals surface area contributed by atoms with E-state index in [1.807, 2.05) is 0 Å². The molecule has 4 heteroatoms. The van der Waals surface area contributed by atoms with E-state index in [0.29, 0.717) is 21.2 Å². The summed E-state index contributed by atoms with van der Waals surface area (Å²) in [4.78, 5) is 21.5. The first-order valence-electron chi connectivity index (χ1n) is 5.93. The molecule has 0 radical (unpaired) electrons. The molecule has 0 amide bonds. The fourth-order valence-electron chi connectivity index (χ4n) is 1.41. The van der Waals surface area contributed by atoms with Gasteiger partial charge in [0.05, 0.1) is 0 Å². The van der Waals surface area contributed by atoms with Gasteiger partial charge in [0, 0.05) is 21.2 Å². The van der Waals surface area contributed by atoms with Gasteiger partial charge in [-0.2, -0.15) is 0 Å². The Kier molecular flexibility index (Phi) is 6.43. The van der Waals surface area contributed by atoms with Crippen LogP contribution in [0.5, 0.6) is 0 Å². The van der Waals surface area contributed by atoms with Crippen LogP contribution in [0.4, 0.5) is 0 Å². The van der Waals surface area contributed by atoms with Crippen LogP contribution < -0.4 is 0 Å². The van der Waals surface area contributed by atoms with Crippen molar-refractivity contribution in [3.05, 3.63) is 69.7 Å². The molecule has 0 N–H and O–H groups in total. The van der Waals surface area contributed by atoms with Gasteiger partial charge in [-0.3, -0.25) is 9.59 Å². The Morgan fingerprint density at radius 1 is 0.750 bits per heavy atom. The summed E-state index contributed by atoms with van der Waals surface area (Å²) >= 11 is 11.3. The molecule has 2 nitrogen and oxygen atoms in total. The predicted molar refractivity (Wildman–Crippen MR) is 82.9 cm³/mol. The van der Waals surface area contributed by atoms with Crippen LogP contribution in [-0.2, 0) is 0 Å². The Morgan fingerprint density at radius 2 is 1.10 bits per heavy atom. The van der Waals surface area contributed by atoms with Crippen molar-refractivity contribution in [3.63, 3.8) is 0 Å². The number of benzene rings is 2. The lowest BCUT2D eigenvalue weighted by Crippen LogP contribution is -1.89. The smallest absolute Gasteiger partial charge is 0.159 e. The van der Waals surface area contributed by atoms with Crippen molar-refractivity contribution in [3.8, 4) is 0 Å². The van der Waals surface area contributed by atoms with Crippen LogP contribution in [0.3, 0.4) is 0 Å². The van der Waals surface area contributed by atoms with Crippen molar-refractivity contribution >= 4 is 34.8 Å². The van der Waals surface area contributed by atoms with Gasteiger partial charge < -0.3 is 0 Å². The Balaban J connectivity index is 0.000000200. The quantitative estimate of drug-likeness (QED) is 0.724. The number of carbonyl (C=O) groups is 2. The number of ketones is 2. The molecule has 0 heterocycles. The van der Waals surface area contributed by atoms with Gasteiger partial charge in [-0.1, -0.05) is 47.5 Å². The van der Waals surface area contributed by atoms with E-state index in [2.05, 4.69) is 0 Å². The maximum Gasteiger partial charge on any atom is 0.159 e. The summed E-state index contributed by atoms with van der Waals surface area (Å²) in [5, 5.41) is 1.21. The first-order valence-corrected chi connectivity index (χ1v) is 6.68. The van der Waals surface area contributed by atoms with Crippen molar-refractivity contribution in [2.24, 2.45) is 0 Å². The topological polar surface area (TPSA) is 34.1 Å². The van der Waals surface area contributed by atoms with Gasteiger partial charge in [0.2, 0.25) is 0 Å². The van der Waals surface area contributed by atoms with E-state index in [1.54, 1.807) is 48.5 Å². The van der Waals surface area contributed by atoms with Gasteiger partial charge >= 0.3 is 0 Å². The average molecular weight is 309 g/mol. The zero-order valence-electron chi connectivity index (χ0n) is 11.2. The average Bonchev–Trinajstić information content (AvgIpc) is 2.39. The third-order valence-electron chi connectivity index (χ3n) is 2.46. The highest BCUT2D eigenvalue weighted by Crippen LogP contribution is 2.11. The monoisotopic (exact) mass is 308 g/mol. The predicted octanol–water partition coefficient (Wildman–Crippen LogP) is 5.09. The molecule has 20 heavy (non-hydrogen) atoms. The van der Waals surface area contributed by atoms with Crippen molar-refractivity contribution < 1.29 is 9.59 Å². The summed E-state index contributed by atoms with van der Waals surface area (Å²) in [5.74, 6) is 0.0880. The van der Waals surface area contributed by atoms with Crippen molar-refractivity contribution in [1.29, 1.82) is 0 Å². The minimum atomic E-state index is 0.0440. The summed E-state index contributed by atoms with van der Waals surface area (Å²) in [5.41, 5.74) is 1.32. The normalized spacial score (nSPS) is 9.40. The highest BCUT2D eigenvalue weighted by atomic mass is 35.5. The van der Waals surface area contributed by atoms with Crippen LogP contribution in [0.25, 0.3) is 0 Å². The maximum absolute atomic E-state index is 10.7. The zero-order valence-corrected chi connectivity index (χ0v) is 12.7. The molecule has 104 valence electrons. The maximum atomic E-state index is 10.7. The third-order valence-corrected chi connectivity index (χ3v) is 2.93. The first-order chi connectivity index (χ1) is 9.40. The van der Waals surface area contributed by atoms with Crippen molar-refractivity contribution in [1.82, 2.24) is 0 Å². The van der Waals surface area contributed by atoms with Crippen LogP contribution in [0.15, 0.2) is 48.5 Å². The van der Waals surface area contributed by atoms with Crippen LogP contribution >= 0.6 is 23.2 Å². The lowest BCUT2D eigenvalue weighted by Gasteiger charge is -1.93. The van der Waals surface area contributed by atoms with Gasteiger partial charge in [0.1, 0.15) is 0 Å². The molecule has 0 bridgehead atoms. The zero-order chi connectivity index (χ0) is 15.1. The van der Waals surface area contributed by atoms with Gasteiger partial charge in [-0.25, -0.2) is 0 Å². The van der Waals surface area contributed by atoms with Gasteiger partial charge in [-0.15, -0.1) is 0 Å². The molecule has 0 fully saturated rings. The summed E-state index contributed by atoms with van der Waals surface area (Å²) in [6.45, 7) is 3.04. The molecule has 0 aliphatic rings. The largest absolute Gasteiger partial charge is 0.295 e. The van der Waals surface area contributed by atoms with E-state index >= 15 is 0 Å². The molecular weight excluding hydrogens is 295 g/mol. The summed E-state index contributed by atoms with van der Waals surface area (Å²) in [6, 6.07) is 13.8. The molecule has 2 aromatic carbocycles. The summed E-state index contributed by atoms with van der Waals surface area (Å²) in [6.07, 6.45) is 0. The van der Waals surface area contributed by atoms with E-state index in [-0.39, 0.29) is 11.6 Å². The lowest BCUT2D eigenvalue weighted by atomic mass is 10.2. The first kappa shape index (κ1) is 16.4. The molecule has 0 aliphatic heterocycles. The van der Waals surface area contributed by atoms with Crippen molar-refractivity contribution in [2.45, 2.75) is 13.8 Å². The molecule has 0 aliphatic carbocycles. The van der Waals surface area contributed by atoms with Crippen LogP contribution in [0.1, 0.15) is 34.6 Å². The third kappa shape index (κ3) is 5.55. The van der Waals surface area contributed by atoms with Gasteiger partial charge in [-0.05, 0) is 38.1 Å². The second-order valence-electron chi connectivity index (χ2n) is 4.13. The number of carbonyl (C=O) groups excluding carboxylic acids is 2. The molecule has 0 unspecified atom stereocenters. The fourth-order valence-corrected chi connectivity index (χ4v) is 1.80. The lowest BCUT2D eigenvalue weighted by molar-refractivity contribution is 0.100. The molecule has 0 saturated carbocycles. The summed E-state index contributed by atoms with van der Waals surface area (Å²) < 4.78 is 0. The van der Waals surface area contributed by atoms with E-state index < -0.39 is 0 Å². The molecule has 2 rings (SSSR count). The molecule has 0 aromatic heterocycles. The standard InChI is InChI=1S/2C8H7ClO/c2*1-6(10)7-3-2-4-8(9)5-7/h2*2-5H,1H3. The second kappa shape index (κ2) is 7.83. The number of Topliss-reactive ketones (excluding diaryl/α,β-unsaturated/α-hetero) is 2. The van der Waals surface area contributed by atoms with E-state index in [0.717, 1.165) is 0 Å².